The van der Waals surface area contributed by atoms with Crippen molar-refractivity contribution in [2.24, 2.45) is 17.6 Å². The van der Waals surface area contributed by atoms with E-state index in [4.69, 9.17) is 10.5 Å². The van der Waals surface area contributed by atoms with Gasteiger partial charge in [-0.2, -0.15) is 0 Å². The minimum Gasteiger partial charge on any atom is -0.378 e. The number of allylic oxidation sites excluding steroid dienone is 2. The SMILES string of the molecule is CCCC1=CCC(F)C[N+]2(C)C=C2C(C(=O)NC2CNCC(F)C2N2CCC(C(=O)N3CCN(C4COC4)CC3)CC2)C(N)N1. The third-order valence-electron chi connectivity index (χ3n) is 10.8. The van der Waals surface area contributed by atoms with Gasteiger partial charge in [-0.1, -0.05) is 19.4 Å². The monoisotopic (exact) mass is 635 g/mol. The van der Waals surface area contributed by atoms with Crippen LogP contribution in [0.15, 0.2) is 23.7 Å². The molecule has 4 saturated heterocycles. The van der Waals surface area contributed by atoms with E-state index in [0.29, 0.717) is 44.9 Å². The maximum atomic E-state index is 15.6. The fourth-order valence-electron chi connectivity index (χ4n) is 8.06. The molecular formula is C32H53F2N8O3+. The second-order valence-electron chi connectivity index (χ2n) is 14.1. The Bertz CT molecular complexity index is 1140. The summed E-state index contributed by atoms with van der Waals surface area (Å²) in [7, 11) is 1.91. The van der Waals surface area contributed by atoms with Gasteiger partial charge in [-0.05, 0) is 32.4 Å². The number of nitrogens with one attached hydrogen (secondary N) is 3. The minimum absolute atomic E-state index is 0.0541. The summed E-state index contributed by atoms with van der Waals surface area (Å²) in [6, 6.07) is -0.464. The molecule has 0 aromatic rings. The highest BCUT2D eigenvalue weighted by Crippen LogP contribution is 2.40. The summed E-state index contributed by atoms with van der Waals surface area (Å²) in [4.78, 5) is 33.9. The van der Waals surface area contributed by atoms with Crippen LogP contribution in [-0.4, -0.2) is 147 Å². The second-order valence-corrected chi connectivity index (χ2v) is 14.1. The Balaban J connectivity index is 1.07. The molecule has 6 heterocycles. The number of hydrogen-bond acceptors (Lipinski definition) is 8. The Kier molecular flexibility index (Phi) is 10.1. The van der Waals surface area contributed by atoms with E-state index >= 15 is 4.39 Å². The molecule has 7 unspecified atom stereocenters. The molecule has 4 fully saturated rings. The average molecular weight is 636 g/mol. The molecule has 0 saturated carbocycles. The Labute approximate surface area is 266 Å². The van der Waals surface area contributed by atoms with Gasteiger partial charge in [0.05, 0.1) is 44.6 Å². The normalized spacial score (nSPS) is 37.4. The van der Waals surface area contributed by atoms with Crippen molar-refractivity contribution < 1.29 is 27.6 Å². The minimum atomic E-state index is -1.16. The lowest BCUT2D eigenvalue weighted by Gasteiger charge is -2.46. The summed E-state index contributed by atoms with van der Waals surface area (Å²) in [6.45, 7) is 9.06. The van der Waals surface area contributed by atoms with Crippen molar-refractivity contribution in [2.45, 2.75) is 75.7 Å². The van der Waals surface area contributed by atoms with Crippen LogP contribution in [0.25, 0.3) is 0 Å². The van der Waals surface area contributed by atoms with Crippen molar-refractivity contribution in [3.05, 3.63) is 23.7 Å². The van der Waals surface area contributed by atoms with E-state index < -0.39 is 36.5 Å². The number of carbonyl (C=O) groups excluding carboxylic acids is 2. The van der Waals surface area contributed by atoms with Crippen LogP contribution in [0.4, 0.5) is 8.78 Å². The molecule has 0 bridgehead atoms. The first-order valence-electron chi connectivity index (χ1n) is 17.1. The summed E-state index contributed by atoms with van der Waals surface area (Å²) < 4.78 is 36.1. The fourth-order valence-corrected chi connectivity index (χ4v) is 8.06. The molecule has 0 radical (unpaired) electrons. The zero-order valence-corrected chi connectivity index (χ0v) is 26.9. The van der Waals surface area contributed by atoms with Crippen LogP contribution in [0.5, 0.6) is 0 Å². The van der Waals surface area contributed by atoms with Gasteiger partial charge >= 0.3 is 0 Å². The maximum absolute atomic E-state index is 15.6. The van der Waals surface area contributed by atoms with Gasteiger partial charge in [-0.15, -0.1) is 0 Å². The van der Waals surface area contributed by atoms with Crippen LogP contribution in [0.1, 0.15) is 39.0 Å². The number of likely N-dealkylation sites (tertiary alicyclic amines) is 1. The van der Waals surface area contributed by atoms with Gasteiger partial charge in [0.25, 0.3) is 0 Å². The quantitative estimate of drug-likeness (QED) is 0.295. The van der Waals surface area contributed by atoms with Crippen molar-refractivity contribution in [1.29, 1.82) is 0 Å². The zero-order valence-electron chi connectivity index (χ0n) is 26.9. The number of amides is 2. The van der Waals surface area contributed by atoms with Gasteiger partial charge < -0.3 is 31.3 Å². The van der Waals surface area contributed by atoms with Crippen molar-refractivity contribution in [1.82, 2.24) is 30.7 Å². The first-order valence-corrected chi connectivity index (χ1v) is 17.1. The number of nitrogens with zero attached hydrogens (tertiary/aromatic N) is 4. The predicted molar refractivity (Wildman–Crippen MR) is 167 cm³/mol. The van der Waals surface area contributed by atoms with Gasteiger partial charge in [0.1, 0.15) is 12.7 Å². The Morgan fingerprint density at radius 1 is 1.09 bits per heavy atom. The second kappa shape index (κ2) is 13.9. The summed E-state index contributed by atoms with van der Waals surface area (Å²) in [6.07, 6.45) is 4.18. The Morgan fingerprint density at radius 2 is 1.82 bits per heavy atom. The largest absolute Gasteiger partial charge is 0.378 e. The number of fused-ring (bicyclic) bond motifs is 1. The number of piperazine rings is 1. The smallest absolute Gasteiger partial charge is 0.237 e. The lowest BCUT2D eigenvalue weighted by molar-refractivity contribution is -0.761. The van der Waals surface area contributed by atoms with Crippen LogP contribution in [0.3, 0.4) is 0 Å². The first kappa shape index (κ1) is 32.8. The van der Waals surface area contributed by atoms with Gasteiger partial charge in [0.2, 0.25) is 11.8 Å². The molecule has 252 valence electrons. The van der Waals surface area contributed by atoms with E-state index in [1.54, 1.807) is 0 Å². The van der Waals surface area contributed by atoms with Crippen molar-refractivity contribution >= 4 is 11.8 Å². The average Bonchev–Trinajstić information content (AvgIpc) is 3.64. The molecule has 2 amide bonds. The highest BCUT2D eigenvalue weighted by atomic mass is 19.1. The van der Waals surface area contributed by atoms with Crippen LogP contribution in [0, 0.1) is 11.8 Å². The molecule has 6 aliphatic heterocycles. The lowest BCUT2D eigenvalue weighted by Crippen LogP contribution is -2.67. The summed E-state index contributed by atoms with van der Waals surface area (Å²) in [5.74, 6) is -0.809. The molecule has 6 rings (SSSR count). The molecule has 0 aromatic carbocycles. The van der Waals surface area contributed by atoms with E-state index in [0.717, 1.165) is 63.6 Å². The third kappa shape index (κ3) is 7.23. The van der Waals surface area contributed by atoms with Crippen molar-refractivity contribution in [3.8, 4) is 0 Å². The van der Waals surface area contributed by atoms with Crippen molar-refractivity contribution in [3.63, 3.8) is 0 Å². The predicted octanol–water partition coefficient (Wildman–Crippen LogP) is 0.254. The molecular weight excluding hydrogens is 582 g/mol. The molecule has 45 heavy (non-hydrogen) atoms. The number of carbonyl (C=O) groups is 2. The number of ether oxygens (including phenoxy) is 1. The molecule has 0 aromatic heterocycles. The maximum Gasteiger partial charge on any atom is 0.237 e. The van der Waals surface area contributed by atoms with Gasteiger partial charge in [-0.25, -0.2) is 8.78 Å². The summed E-state index contributed by atoms with van der Waals surface area (Å²) >= 11 is 0. The first-order chi connectivity index (χ1) is 21.7. The standard InChI is InChI=1S/C32H52F2N8O3/c1-3-4-23-6-5-22(33)17-42(2)18-27(42)28(30(35)37-23)31(43)38-26-16-36-15-25(34)29(26)40-9-7-21(8-10-40)32(44)41-13-11-39(12-14-41)24-19-45-20-24/h6,18,21-22,24-26,28-30,36-37H,3-5,7-17,19-20,35H2,1-2H3/p+1. The van der Waals surface area contributed by atoms with E-state index in [-0.39, 0.29) is 35.3 Å². The van der Waals surface area contributed by atoms with Crippen LogP contribution >= 0.6 is 0 Å². The van der Waals surface area contributed by atoms with E-state index in [1.165, 1.54) is 0 Å². The van der Waals surface area contributed by atoms with Gasteiger partial charge in [0, 0.05) is 57.3 Å². The van der Waals surface area contributed by atoms with Crippen LogP contribution in [-0.2, 0) is 14.3 Å². The number of nitrogens with two attached hydrogens (primary N) is 1. The molecule has 13 heteroatoms. The van der Waals surface area contributed by atoms with Crippen LogP contribution < -0.4 is 21.7 Å². The highest BCUT2D eigenvalue weighted by molar-refractivity contribution is 5.83. The third-order valence-corrected chi connectivity index (χ3v) is 10.8. The number of halogens is 2. The fraction of sp³-hybridized carbons (Fsp3) is 0.812. The number of hydrogen-bond donors (Lipinski definition) is 4. The topological polar surface area (TPSA) is 115 Å². The van der Waals surface area contributed by atoms with E-state index in [9.17, 15) is 14.0 Å². The number of quaternary nitrogens is 1. The van der Waals surface area contributed by atoms with Gasteiger partial charge in [-0.3, -0.25) is 23.9 Å². The summed E-state index contributed by atoms with van der Waals surface area (Å²) in [5, 5.41) is 9.62. The molecule has 0 aliphatic carbocycles. The highest BCUT2D eigenvalue weighted by Gasteiger charge is 2.54. The molecule has 5 N–H and O–H groups in total. The van der Waals surface area contributed by atoms with Gasteiger partial charge in [0.15, 0.2) is 24.0 Å². The lowest BCUT2D eigenvalue weighted by atomic mass is 9.89. The number of alkyl halides is 2. The Morgan fingerprint density at radius 3 is 2.49 bits per heavy atom. The molecule has 7 atom stereocenters. The molecule has 0 spiro atoms. The van der Waals surface area contributed by atoms with Crippen molar-refractivity contribution in [2.75, 3.05) is 79.2 Å². The van der Waals surface area contributed by atoms with E-state index in [1.807, 2.05) is 24.2 Å². The van der Waals surface area contributed by atoms with Crippen LogP contribution in [0.2, 0.25) is 0 Å². The zero-order chi connectivity index (χ0) is 31.7. The molecule has 6 aliphatic rings. The summed E-state index contributed by atoms with van der Waals surface area (Å²) in [5.41, 5.74) is 8.30. The number of rotatable bonds is 7. The molecule has 11 nitrogen and oxygen atoms in total. The number of piperidine rings is 2. The Hall–Kier alpha value is -2.16. The van der Waals surface area contributed by atoms with E-state index in [2.05, 4.69) is 32.7 Å².